The minimum atomic E-state index is -0.586. The quantitative estimate of drug-likeness (QED) is 0.779. The zero-order chi connectivity index (χ0) is 11.2. The summed E-state index contributed by atoms with van der Waals surface area (Å²) in [4.78, 5) is 13.5. The van der Waals surface area contributed by atoms with Gasteiger partial charge >= 0.3 is 5.97 Å². The van der Waals surface area contributed by atoms with Crippen LogP contribution >= 0.6 is 0 Å². The lowest BCUT2D eigenvalue weighted by molar-refractivity contribution is -0.144. The molecule has 1 heterocycles. The SMILES string of the molecule is O=C(O)C1CCC(N2CC3(CCC3)C2)CC1. The van der Waals surface area contributed by atoms with Crippen molar-refractivity contribution in [2.45, 2.75) is 51.0 Å². The number of hydrogen-bond donors (Lipinski definition) is 1. The Morgan fingerprint density at radius 1 is 1.12 bits per heavy atom. The molecular formula is C13H21NO2. The lowest BCUT2D eigenvalue weighted by Crippen LogP contribution is -2.63. The van der Waals surface area contributed by atoms with Gasteiger partial charge in [-0.25, -0.2) is 0 Å². The topological polar surface area (TPSA) is 40.5 Å². The van der Waals surface area contributed by atoms with Crippen LogP contribution in [-0.2, 0) is 4.79 Å². The molecule has 3 heteroatoms. The van der Waals surface area contributed by atoms with Gasteiger partial charge in [-0.15, -0.1) is 0 Å². The van der Waals surface area contributed by atoms with Gasteiger partial charge in [0, 0.05) is 19.1 Å². The highest BCUT2D eigenvalue weighted by atomic mass is 16.4. The van der Waals surface area contributed by atoms with Crippen LogP contribution in [0.1, 0.15) is 44.9 Å². The third kappa shape index (κ3) is 1.65. The van der Waals surface area contributed by atoms with Gasteiger partial charge in [-0.2, -0.15) is 0 Å². The van der Waals surface area contributed by atoms with Crippen molar-refractivity contribution >= 4 is 5.97 Å². The summed E-state index contributed by atoms with van der Waals surface area (Å²) in [7, 11) is 0. The highest BCUT2D eigenvalue weighted by Crippen LogP contribution is 2.49. The molecule has 0 bridgehead atoms. The fraction of sp³-hybridized carbons (Fsp3) is 0.923. The Morgan fingerprint density at radius 3 is 2.19 bits per heavy atom. The summed E-state index contributed by atoms with van der Waals surface area (Å²) in [6.07, 6.45) is 8.30. The van der Waals surface area contributed by atoms with E-state index in [2.05, 4.69) is 4.90 Å². The highest BCUT2D eigenvalue weighted by molar-refractivity contribution is 5.70. The van der Waals surface area contributed by atoms with E-state index in [9.17, 15) is 4.79 Å². The fourth-order valence-electron chi connectivity index (χ4n) is 3.75. The van der Waals surface area contributed by atoms with Crippen LogP contribution in [0.3, 0.4) is 0 Å². The summed E-state index contributed by atoms with van der Waals surface area (Å²) in [6.45, 7) is 2.60. The molecule has 0 atom stereocenters. The fourth-order valence-corrected chi connectivity index (χ4v) is 3.75. The number of nitrogens with zero attached hydrogens (tertiary/aromatic N) is 1. The molecule has 0 amide bonds. The van der Waals surface area contributed by atoms with Crippen molar-refractivity contribution in [2.24, 2.45) is 11.3 Å². The average Bonchev–Trinajstić information content (AvgIpc) is 2.14. The minimum Gasteiger partial charge on any atom is -0.481 e. The Hall–Kier alpha value is -0.570. The lowest BCUT2D eigenvalue weighted by atomic mass is 9.62. The first-order chi connectivity index (χ1) is 7.69. The Kier molecular flexibility index (Phi) is 2.46. The summed E-state index contributed by atoms with van der Waals surface area (Å²) >= 11 is 0. The highest BCUT2D eigenvalue weighted by Gasteiger charge is 2.49. The molecule has 1 N–H and O–H groups in total. The largest absolute Gasteiger partial charge is 0.481 e. The van der Waals surface area contributed by atoms with Crippen LogP contribution in [0.2, 0.25) is 0 Å². The van der Waals surface area contributed by atoms with E-state index in [-0.39, 0.29) is 5.92 Å². The summed E-state index contributed by atoms with van der Waals surface area (Å²) < 4.78 is 0. The van der Waals surface area contributed by atoms with Crippen LogP contribution in [0.25, 0.3) is 0 Å². The molecule has 16 heavy (non-hydrogen) atoms. The maximum absolute atomic E-state index is 10.9. The van der Waals surface area contributed by atoms with Gasteiger partial charge in [-0.05, 0) is 43.9 Å². The average molecular weight is 223 g/mol. The van der Waals surface area contributed by atoms with E-state index in [0.29, 0.717) is 11.5 Å². The summed E-state index contributed by atoms with van der Waals surface area (Å²) in [5.41, 5.74) is 0.712. The Balaban J connectivity index is 1.47. The van der Waals surface area contributed by atoms with Gasteiger partial charge in [-0.3, -0.25) is 9.69 Å². The van der Waals surface area contributed by atoms with E-state index < -0.39 is 5.97 Å². The molecular weight excluding hydrogens is 202 g/mol. The first-order valence-corrected chi connectivity index (χ1v) is 6.65. The number of rotatable bonds is 2. The molecule has 90 valence electrons. The molecule has 1 aliphatic heterocycles. The van der Waals surface area contributed by atoms with E-state index in [1.807, 2.05) is 0 Å². The van der Waals surface area contributed by atoms with Crippen molar-refractivity contribution in [2.75, 3.05) is 13.1 Å². The number of aliphatic carboxylic acids is 1. The van der Waals surface area contributed by atoms with Crippen LogP contribution in [-0.4, -0.2) is 35.1 Å². The summed E-state index contributed by atoms with van der Waals surface area (Å²) in [6, 6.07) is 0.696. The van der Waals surface area contributed by atoms with Gasteiger partial charge in [-0.1, -0.05) is 6.42 Å². The van der Waals surface area contributed by atoms with Gasteiger partial charge in [0.25, 0.3) is 0 Å². The van der Waals surface area contributed by atoms with Crippen LogP contribution in [0.15, 0.2) is 0 Å². The van der Waals surface area contributed by atoms with Crippen molar-refractivity contribution in [1.29, 1.82) is 0 Å². The second-order valence-corrected chi connectivity index (χ2v) is 6.10. The Labute approximate surface area is 96.8 Å². The third-order valence-electron chi connectivity index (χ3n) is 5.05. The molecule has 2 aliphatic carbocycles. The van der Waals surface area contributed by atoms with Crippen molar-refractivity contribution in [1.82, 2.24) is 4.90 Å². The number of carbonyl (C=O) groups is 1. The second kappa shape index (κ2) is 3.73. The molecule has 0 unspecified atom stereocenters. The maximum Gasteiger partial charge on any atom is 0.306 e. The van der Waals surface area contributed by atoms with E-state index in [4.69, 9.17) is 5.11 Å². The molecule has 1 spiro atoms. The van der Waals surface area contributed by atoms with Gasteiger partial charge in [0.15, 0.2) is 0 Å². The standard InChI is InChI=1S/C13H21NO2/c15-12(16)10-2-4-11(5-3-10)14-8-13(9-14)6-1-7-13/h10-11H,1-9H2,(H,15,16). The normalized spacial score (nSPS) is 37.8. The zero-order valence-corrected chi connectivity index (χ0v) is 9.82. The van der Waals surface area contributed by atoms with Crippen molar-refractivity contribution in [3.8, 4) is 0 Å². The van der Waals surface area contributed by atoms with Crippen LogP contribution in [0.4, 0.5) is 0 Å². The van der Waals surface area contributed by atoms with Crippen LogP contribution < -0.4 is 0 Å². The predicted molar refractivity (Wildman–Crippen MR) is 61.2 cm³/mol. The molecule has 0 aromatic rings. The third-order valence-corrected chi connectivity index (χ3v) is 5.05. The number of likely N-dealkylation sites (tertiary alicyclic amines) is 1. The van der Waals surface area contributed by atoms with Crippen LogP contribution in [0, 0.1) is 11.3 Å². The predicted octanol–water partition coefficient (Wildman–Crippen LogP) is 2.12. The van der Waals surface area contributed by atoms with Crippen molar-refractivity contribution in [3.05, 3.63) is 0 Å². The van der Waals surface area contributed by atoms with E-state index in [0.717, 1.165) is 25.7 Å². The minimum absolute atomic E-state index is 0.0600. The lowest BCUT2D eigenvalue weighted by Gasteiger charge is -2.59. The number of carboxylic acid groups (broad SMARTS) is 1. The molecule has 3 rings (SSSR count). The monoisotopic (exact) mass is 223 g/mol. The molecule has 0 radical (unpaired) electrons. The maximum atomic E-state index is 10.9. The zero-order valence-electron chi connectivity index (χ0n) is 9.82. The van der Waals surface area contributed by atoms with Crippen molar-refractivity contribution in [3.63, 3.8) is 0 Å². The second-order valence-electron chi connectivity index (χ2n) is 6.10. The van der Waals surface area contributed by atoms with Crippen molar-refractivity contribution < 1.29 is 9.90 Å². The van der Waals surface area contributed by atoms with Gasteiger partial charge in [0.05, 0.1) is 5.92 Å². The molecule has 3 aliphatic rings. The number of hydrogen-bond acceptors (Lipinski definition) is 2. The Morgan fingerprint density at radius 2 is 1.75 bits per heavy atom. The first kappa shape index (κ1) is 10.6. The molecule has 3 nitrogen and oxygen atoms in total. The molecule has 1 saturated heterocycles. The molecule has 2 saturated carbocycles. The smallest absolute Gasteiger partial charge is 0.306 e. The van der Waals surface area contributed by atoms with E-state index in [1.54, 1.807) is 0 Å². The molecule has 3 fully saturated rings. The Bertz CT molecular complexity index is 282. The first-order valence-electron chi connectivity index (χ1n) is 6.65. The summed E-state index contributed by atoms with van der Waals surface area (Å²) in [5.74, 6) is -0.646. The van der Waals surface area contributed by atoms with Gasteiger partial charge in [0.2, 0.25) is 0 Å². The van der Waals surface area contributed by atoms with E-state index in [1.165, 1.54) is 32.4 Å². The van der Waals surface area contributed by atoms with Crippen LogP contribution in [0.5, 0.6) is 0 Å². The molecule has 0 aromatic carbocycles. The number of carboxylic acids is 1. The van der Waals surface area contributed by atoms with E-state index >= 15 is 0 Å². The van der Waals surface area contributed by atoms with Gasteiger partial charge < -0.3 is 5.11 Å². The van der Waals surface area contributed by atoms with Gasteiger partial charge in [0.1, 0.15) is 0 Å². The summed E-state index contributed by atoms with van der Waals surface area (Å²) in [5, 5.41) is 8.95. The molecule has 0 aromatic heterocycles.